The molecule has 0 fully saturated rings. The molecule has 1 aromatic heterocycles. The molecule has 5 aromatic carbocycles. The number of anilines is 1. The van der Waals surface area contributed by atoms with E-state index in [1.807, 2.05) is 6.07 Å². The van der Waals surface area contributed by atoms with Gasteiger partial charge in [0.1, 0.15) is 7.05 Å². The molecule has 3 heteroatoms. The third-order valence-electron chi connectivity index (χ3n) is 8.30. The Labute approximate surface area is 259 Å². The Balaban J connectivity index is 1.26. The quantitative estimate of drug-likeness (QED) is 0.176. The van der Waals surface area contributed by atoms with Crippen LogP contribution in [0.25, 0.3) is 39.7 Å². The fourth-order valence-corrected chi connectivity index (χ4v) is 5.97. The third-order valence-corrected chi connectivity index (χ3v) is 8.30. The number of hydrazone groups is 1. The Morgan fingerprint density at radius 1 is 0.568 bits per heavy atom. The lowest BCUT2D eigenvalue weighted by atomic mass is 9.98. The molecule has 0 bridgehead atoms. The normalized spacial score (nSPS) is 14.6. The highest BCUT2D eigenvalue weighted by molar-refractivity contribution is 6.01. The van der Waals surface area contributed by atoms with Crippen LogP contribution in [0.5, 0.6) is 0 Å². The first kappa shape index (κ1) is 27.3. The van der Waals surface area contributed by atoms with Crippen molar-refractivity contribution in [3.8, 4) is 33.6 Å². The van der Waals surface area contributed by atoms with Crippen molar-refractivity contribution in [2.24, 2.45) is 12.1 Å². The van der Waals surface area contributed by atoms with E-state index in [4.69, 9.17) is 5.10 Å². The highest BCUT2D eigenvalue weighted by atomic mass is 15.5. The van der Waals surface area contributed by atoms with Crippen LogP contribution in [0.15, 0.2) is 169 Å². The van der Waals surface area contributed by atoms with Crippen LogP contribution in [-0.4, -0.2) is 5.71 Å². The van der Waals surface area contributed by atoms with Crippen molar-refractivity contribution in [3.05, 3.63) is 175 Å². The molecule has 1 aliphatic rings. The summed E-state index contributed by atoms with van der Waals surface area (Å²) in [4.78, 5) is 0. The topological polar surface area (TPSA) is 19.5 Å². The van der Waals surface area contributed by atoms with Crippen molar-refractivity contribution in [1.82, 2.24) is 0 Å². The molecule has 0 saturated carbocycles. The molecule has 3 nitrogen and oxygen atoms in total. The first-order chi connectivity index (χ1) is 21.7. The van der Waals surface area contributed by atoms with E-state index in [0.29, 0.717) is 0 Å². The van der Waals surface area contributed by atoms with Crippen LogP contribution in [0.4, 0.5) is 5.69 Å². The van der Waals surface area contributed by atoms with Gasteiger partial charge in [-0.25, -0.2) is 0 Å². The molecule has 0 aliphatic carbocycles. The Kier molecular flexibility index (Phi) is 7.67. The zero-order valence-electron chi connectivity index (χ0n) is 24.8. The van der Waals surface area contributed by atoms with E-state index in [-0.39, 0.29) is 6.04 Å². The average Bonchev–Trinajstić information content (AvgIpc) is 3.54. The van der Waals surface area contributed by atoms with Crippen molar-refractivity contribution in [3.63, 3.8) is 0 Å². The van der Waals surface area contributed by atoms with E-state index in [0.717, 1.165) is 17.8 Å². The molecule has 0 spiro atoms. The Morgan fingerprint density at radius 2 is 1.09 bits per heavy atom. The first-order valence-corrected chi connectivity index (χ1v) is 15.1. The van der Waals surface area contributed by atoms with Crippen LogP contribution >= 0.6 is 0 Å². The summed E-state index contributed by atoms with van der Waals surface area (Å²) in [6, 6.07) is 55.9. The van der Waals surface area contributed by atoms with Gasteiger partial charge in [0.25, 0.3) is 0 Å². The molecule has 7 rings (SSSR count). The molecule has 1 atom stereocenters. The van der Waals surface area contributed by atoms with Crippen LogP contribution in [0.1, 0.15) is 23.6 Å². The number of hydrogen-bond donors (Lipinski definition) is 0. The second-order valence-corrected chi connectivity index (χ2v) is 11.2. The van der Waals surface area contributed by atoms with E-state index < -0.39 is 0 Å². The maximum Gasteiger partial charge on any atom is 0.213 e. The van der Waals surface area contributed by atoms with Gasteiger partial charge in [-0.2, -0.15) is 9.67 Å². The van der Waals surface area contributed by atoms with Crippen molar-refractivity contribution < 1.29 is 4.57 Å². The van der Waals surface area contributed by atoms with E-state index in [1.54, 1.807) is 0 Å². The molecule has 212 valence electrons. The summed E-state index contributed by atoms with van der Waals surface area (Å²) >= 11 is 0. The molecule has 1 aliphatic heterocycles. The summed E-state index contributed by atoms with van der Waals surface area (Å²) in [6.07, 6.45) is 5.16. The summed E-state index contributed by atoms with van der Waals surface area (Å²) in [5, 5.41) is 7.29. The standard InChI is InChI=1S/C41H34N3/c1-43-39(33-16-8-3-9-17-33)28-36(29-40(43)34-18-10-4-11-19-34)32-23-26-38(27-24-32)44-41(35-20-12-5-13-21-35)30-37(42-44)25-22-31-14-6-2-7-15-31/h2-29,41H,30H2,1H3/q+1/b25-22+/t41-/m1/s1. The van der Waals surface area contributed by atoms with Gasteiger partial charge in [0.05, 0.1) is 17.4 Å². The monoisotopic (exact) mass is 568 g/mol. The van der Waals surface area contributed by atoms with E-state index in [9.17, 15) is 0 Å². The summed E-state index contributed by atoms with van der Waals surface area (Å²) < 4.78 is 2.29. The van der Waals surface area contributed by atoms with E-state index >= 15 is 0 Å². The second-order valence-electron chi connectivity index (χ2n) is 11.2. The molecule has 2 heterocycles. The number of rotatable bonds is 7. The molecule has 0 unspecified atom stereocenters. The van der Waals surface area contributed by atoms with Crippen LogP contribution in [0.3, 0.4) is 0 Å². The molecule has 0 saturated heterocycles. The zero-order valence-corrected chi connectivity index (χ0v) is 24.8. The van der Waals surface area contributed by atoms with Crippen LogP contribution in [-0.2, 0) is 7.05 Å². The number of nitrogens with zero attached hydrogens (tertiary/aromatic N) is 3. The predicted molar refractivity (Wildman–Crippen MR) is 183 cm³/mol. The Bertz CT molecular complexity index is 1850. The van der Waals surface area contributed by atoms with Gasteiger partial charge in [0.2, 0.25) is 11.4 Å². The van der Waals surface area contributed by atoms with Crippen molar-refractivity contribution >= 4 is 17.5 Å². The van der Waals surface area contributed by atoms with E-state index in [1.165, 1.54) is 44.8 Å². The fraction of sp³-hybridized carbons (Fsp3) is 0.0732. The number of aromatic nitrogens is 1. The molecule has 0 amide bonds. The minimum atomic E-state index is 0.141. The molecule has 0 N–H and O–H groups in total. The van der Waals surface area contributed by atoms with Crippen LogP contribution < -0.4 is 9.58 Å². The molecule has 0 radical (unpaired) electrons. The zero-order chi connectivity index (χ0) is 29.7. The highest BCUT2D eigenvalue weighted by Crippen LogP contribution is 2.37. The van der Waals surface area contributed by atoms with Gasteiger partial charge in [0, 0.05) is 29.7 Å². The lowest BCUT2D eigenvalue weighted by molar-refractivity contribution is -0.649. The number of allylic oxidation sites excluding steroid dienone is 1. The van der Waals surface area contributed by atoms with Gasteiger partial charge in [-0.3, -0.25) is 5.01 Å². The van der Waals surface area contributed by atoms with Gasteiger partial charge < -0.3 is 0 Å². The summed E-state index contributed by atoms with van der Waals surface area (Å²) in [7, 11) is 2.15. The lowest BCUT2D eigenvalue weighted by Gasteiger charge is -2.24. The first-order valence-electron chi connectivity index (χ1n) is 15.1. The van der Waals surface area contributed by atoms with Gasteiger partial charge in [-0.05, 0) is 64.7 Å². The van der Waals surface area contributed by atoms with E-state index in [2.05, 4.69) is 180 Å². The predicted octanol–water partition coefficient (Wildman–Crippen LogP) is 9.53. The van der Waals surface area contributed by atoms with Gasteiger partial charge in [0.15, 0.2) is 0 Å². The summed E-state index contributed by atoms with van der Waals surface area (Å²) in [6.45, 7) is 0. The third kappa shape index (κ3) is 5.73. The molecule has 44 heavy (non-hydrogen) atoms. The van der Waals surface area contributed by atoms with Gasteiger partial charge in [-0.15, -0.1) is 0 Å². The van der Waals surface area contributed by atoms with Crippen molar-refractivity contribution in [2.45, 2.75) is 12.5 Å². The molecular weight excluding hydrogens is 534 g/mol. The summed E-state index contributed by atoms with van der Waals surface area (Å²) in [5.74, 6) is 0. The minimum absolute atomic E-state index is 0.141. The molecular formula is C41H34N3+. The Morgan fingerprint density at radius 3 is 1.66 bits per heavy atom. The SMILES string of the molecule is C[n+]1c(-c2ccccc2)cc(-c2ccc(N3N=C(/C=C/c4ccccc4)C[C@@H]3c3ccccc3)cc2)cc1-c1ccccc1. The minimum Gasteiger partial charge on any atom is -0.257 e. The maximum absolute atomic E-state index is 5.11. The second kappa shape index (κ2) is 12.4. The smallest absolute Gasteiger partial charge is 0.213 e. The maximum atomic E-state index is 5.11. The summed E-state index contributed by atoms with van der Waals surface area (Å²) in [5.41, 5.74) is 11.7. The number of benzene rings is 5. The lowest BCUT2D eigenvalue weighted by Crippen LogP contribution is -2.34. The Hall–Kier alpha value is -5.54. The average molecular weight is 569 g/mol. The number of pyridine rings is 1. The number of hydrogen-bond acceptors (Lipinski definition) is 2. The fourth-order valence-electron chi connectivity index (χ4n) is 5.97. The van der Waals surface area contributed by atoms with Crippen LogP contribution in [0, 0.1) is 0 Å². The van der Waals surface area contributed by atoms with Crippen molar-refractivity contribution in [1.29, 1.82) is 0 Å². The van der Waals surface area contributed by atoms with Crippen molar-refractivity contribution in [2.75, 3.05) is 5.01 Å². The largest absolute Gasteiger partial charge is 0.257 e. The molecule has 6 aromatic rings. The highest BCUT2D eigenvalue weighted by Gasteiger charge is 2.28. The van der Waals surface area contributed by atoms with Crippen LogP contribution in [0.2, 0.25) is 0 Å². The van der Waals surface area contributed by atoms with Gasteiger partial charge >= 0.3 is 0 Å². The van der Waals surface area contributed by atoms with Gasteiger partial charge in [-0.1, -0.05) is 115 Å².